The lowest BCUT2D eigenvalue weighted by molar-refractivity contribution is -0.120. The van der Waals surface area contributed by atoms with Crippen molar-refractivity contribution in [1.29, 1.82) is 0 Å². The molecule has 0 radical (unpaired) electrons. The van der Waals surface area contributed by atoms with Crippen LogP contribution in [0.4, 0.5) is 0 Å². The maximum absolute atomic E-state index is 11.1. The van der Waals surface area contributed by atoms with Crippen LogP contribution in [0.2, 0.25) is 0 Å². The van der Waals surface area contributed by atoms with Gasteiger partial charge in [0.25, 0.3) is 0 Å². The van der Waals surface area contributed by atoms with E-state index in [-0.39, 0.29) is 5.91 Å². The highest BCUT2D eigenvalue weighted by molar-refractivity contribution is 9.10. The Bertz CT molecular complexity index is 372. The van der Waals surface area contributed by atoms with Crippen molar-refractivity contribution in [2.75, 3.05) is 0 Å². The Kier molecular flexibility index (Phi) is 3.69. The SMILES string of the molecule is C=CC(C)(NC(C)=O)c1ccc(Br)cc1. The highest BCUT2D eigenvalue weighted by atomic mass is 79.9. The number of halogens is 1. The van der Waals surface area contributed by atoms with Crippen LogP contribution in [0.15, 0.2) is 41.4 Å². The van der Waals surface area contributed by atoms with Crippen LogP contribution < -0.4 is 5.32 Å². The molecule has 1 aromatic rings. The third-order valence-corrected chi connectivity index (χ3v) is 2.82. The lowest BCUT2D eigenvalue weighted by Gasteiger charge is -2.27. The van der Waals surface area contributed by atoms with Gasteiger partial charge < -0.3 is 5.32 Å². The number of amides is 1. The van der Waals surface area contributed by atoms with Crippen LogP contribution in [0.1, 0.15) is 19.4 Å². The molecule has 3 heteroatoms. The first-order valence-corrected chi connectivity index (χ1v) is 5.45. The number of carbonyl (C=O) groups is 1. The van der Waals surface area contributed by atoms with Gasteiger partial charge in [0.1, 0.15) is 0 Å². The molecule has 0 aliphatic rings. The Morgan fingerprint density at radius 3 is 2.40 bits per heavy atom. The van der Waals surface area contributed by atoms with Gasteiger partial charge in [-0.1, -0.05) is 34.1 Å². The van der Waals surface area contributed by atoms with Crippen molar-refractivity contribution in [3.05, 3.63) is 47.0 Å². The maximum atomic E-state index is 11.1. The van der Waals surface area contributed by atoms with E-state index in [1.807, 2.05) is 31.2 Å². The summed E-state index contributed by atoms with van der Waals surface area (Å²) in [5.74, 6) is -0.0691. The van der Waals surface area contributed by atoms with Crippen molar-refractivity contribution < 1.29 is 4.79 Å². The molecule has 0 bridgehead atoms. The second-order valence-corrected chi connectivity index (χ2v) is 4.51. The summed E-state index contributed by atoms with van der Waals surface area (Å²) in [6.07, 6.45) is 1.73. The zero-order valence-electron chi connectivity index (χ0n) is 8.88. The van der Waals surface area contributed by atoms with Crippen LogP contribution in [0.3, 0.4) is 0 Å². The predicted molar refractivity (Wildman–Crippen MR) is 65.5 cm³/mol. The van der Waals surface area contributed by atoms with Crippen LogP contribution in [0, 0.1) is 0 Å². The summed E-state index contributed by atoms with van der Waals surface area (Å²) in [5, 5.41) is 2.87. The Hall–Kier alpha value is -1.09. The van der Waals surface area contributed by atoms with Gasteiger partial charge in [-0.2, -0.15) is 0 Å². The van der Waals surface area contributed by atoms with Crippen LogP contribution in [0.5, 0.6) is 0 Å². The van der Waals surface area contributed by atoms with E-state index in [0.29, 0.717) is 0 Å². The second-order valence-electron chi connectivity index (χ2n) is 3.59. The minimum atomic E-state index is -0.507. The molecule has 0 fully saturated rings. The molecule has 0 aliphatic carbocycles. The van der Waals surface area contributed by atoms with Gasteiger partial charge in [0.05, 0.1) is 5.54 Å². The molecule has 0 saturated heterocycles. The molecule has 1 atom stereocenters. The maximum Gasteiger partial charge on any atom is 0.217 e. The van der Waals surface area contributed by atoms with E-state index in [2.05, 4.69) is 27.8 Å². The number of hydrogen-bond donors (Lipinski definition) is 1. The van der Waals surface area contributed by atoms with Gasteiger partial charge in [0.15, 0.2) is 0 Å². The molecular weight excluding hydrogens is 254 g/mol. The van der Waals surface area contributed by atoms with Gasteiger partial charge in [-0.3, -0.25) is 4.79 Å². The van der Waals surface area contributed by atoms with Crippen molar-refractivity contribution in [2.45, 2.75) is 19.4 Å². The number of nitrogens with one attached hydrogen (secondary N) is 1. The quantitative estimate of drug-likeness (QED) is 0.839. The summed E-state index contributed by atoms with van der Waals surface area (Å²) in [7, 11) is 0. The zero-order chi connectivity index (χ0) is 11.5. The van der Waals surface area contributed by atoms with Gasteiger partial charge >= 0.3 is 0 Å². The molecule has 1 aromatic carbocycles. The van der Waals surface area contributed by atoms with Gasteiger partial charge in [-0.05, 0) is 24.6 Å². The Morgan fingerprint density at radius 2 is 2.00 bits per heavy atom. The number of benzene rings is 1. The van der Waals surface area contributed by atoms with Crippen LogP contribution in [-0.4, -0.2) is 5.91 Å². The standard InChI is InChI=1S/C12H14BrNO/c1-4-12(3,14-9(2)15)10-5-7-11(13)8-6-10/h4-8H,1H2,2-3H3,(H,14,15). The topological polar surface area (TPSA) is 29.1 Å². The predicted octanol–water partition coefficient (Wildman–Crippen LogP) is 2.99. The molecule has 15 heavy (non-hydrogen) atoms. The highest BCUT2D eigenvalue weighted by Crippen LogP contribution is 2.23. The molecule has 1 unspecified atom stereocenters. The Labute approximate surface area is 98.5 Å². The fourth-order valence-electron chi connectivity index (χ4n) is 1.40. The summed E-state index contributed by atoms with van der Waals surface area (Å²) in [5.41, 5.74) is 0.503. The van der Waals surface area contributed by atoms with E-state index in [4.69, 9.17) is 0 Å². The molecule has 1 amide bonds. The first kappa shape index (κ1) is 12.0. The average molecular weight is 268 g/mol. The summed E-state index contributed by atoms with van der Waals surface area (Å²) in [6, 6.07) is 7.81. The Morgan fingerprint density at radius 1 is 1.47 bits per heavy atom. The van der Waals surface area contributed by atoms with E-state index < -0.39 is 5.54 Å². The van der Waals surface area contributed by atoms with E-state index in [1.165, 1.54) is 6.92 Å². The van der Waals surface area contributed by atoms with Gasteiger partial charge in [-0.25, -0.2) is 0 Å². The fraction of sp³-hybridized carbons (Fsp3) is 0.250. The van der Waals surface area contributed by atoms with Crippen LogP contribution >= 0.6 is 15.9 Å². The molecule has 0 aromatic heterocycles. The summed E-state index contributed by atoms with van der Waals surface area (Å²) < 4.78 is 1.01. The van der Waals surface area contributed by atoms with Gasteiger partial charge in [0.2, 0.25) is 5.91 Å². The van der Waals surface area contributed by atoms with Gasteiger partial charge in [-0.15, -0.1) is 6.58 Å². The number of hydrogen-bond acceptors (Lipinski definition) is 1. The highest BCUT2D eigenvalue weighted by Gasteiger charge is 2.23. The molecule has 80 valence electrons. The fourth-order valence-corrected chi connectivity index (χ4v) is 1.67. The molecule has 0 spiro atoms. The average Bonchev–Trinajstić information content (AvgIpc) is 2.17. The minimum absolute atomic E-state index is 0.0691. The summed E-state index contributed by atoms with van der Waals surface area (Å²) in [6.45, 7) is 7.18. The van der Waals surface area contributed by atoms with E-state index >= 15 is 0 Å². The molecule has 0 saturated carbocycles. The minimum Gasteiger partial charge on any atom is -0.344 e. The monoisotopic (exact) mass is 267 g/mol. The third kappa shape index (κ3) is 2.93. The molecule has 0 heterocycles. The summed E-state index contributed by atoms with van der Waals surface area (Å²) in [4.78, 5) is 11.1. The largest absolute Gasteiger partial charge is 0.344 e. The molecular formula is C12H14BrNO. The van der Waals surface area contributed by atoms with Crippen LogP contribution in [0.25, 0.3) is 0 Å². The smallest absolute Gasteiger partial charge is 0.217 e. The second kappa shape index (κ2) is 4.62. The number of rotatable bonds is 3. The van der Waals surface area contributed by atoms with E-state index in [0.717, 1.165) is 10.0 Å². The van der Waals surface area contributed by atoms with E-state index in [1.54, 1.807) is 6.08 Å². The molecule has 1 N–H and O–H groups in total. The molecule has 0 aliphatic heterocycles. The molecule has 2 nitrogen and oxygen atoms in total. The lowest BCUT2D eigenvalue weighted by atomic mass is 9.92. The van der Waals surface area contributed by atoms with Crippen LogP contribution in [-0.2, 0) is 10.3 Å². The van der Waals surface area contributed by atoms with Gasteiger partial charge in [0, 0.05) is 11.4 Å². The van der Waals surface area contributed by atoms with Crippen molar-refractivity contribution in [1.82, 2.24) is 5.32 Å². The first-order chi connectivity index (χ1) is 6.98. The lowest BCUT2D eigenvalue weighted by Crippen LogP contribution is -2.40. The normalized spacial score (nSPS) is 14.1. The van der Waals surface area contributed by atoms with E-state index in [9.17, 15) is 4.79 Å². The zero-order valence-corrected chi connectivity index (χ0v) is 10.5. The molecule has 1 rings (SSSR count). The van der Waals surface area contributed by atoms with Crippen molar-refractivity contribution in [2.24, 2.45) is 0 Å². The first-order valence-electron chi connectivity index (χ1n) is 4.66. The van der Waals surface area contributed by atoms with Crippen molar-refractivity contribution in [3.8, 4) is 0 Å². The van der Waals surface area contributed by atoms with Crippen molar-refractivity contribution >= 4 is 21.8 Å². The Balaban J connectivity index is 3.05. The third-order valence-electron chi connectivity index (χ3n) is 2.29. The van der Waals surface area contributed by atoms with Crippen molar-refractivity contribution in [3.63, 3.8) is 0 Å². The summed E-state index contributed by atoms with van der Waals surface area (Å²) >= 11 is 3.37. The number of carbonyl (C=O) groups excluding carboxylic acids is 1.